The van der Waals surface area contributed by atoms with Gasteiger partial charge in [0.25, 0.3) is 0 Å². The van der Waals surface area contributed by atoms with Crippen LogP contribution in [-0.2, 0) is 9.59 Å². The van der Waals surface area contributed by atoms with E-state index in [4.69, 9.17) is 11.6 Å². The Kier molecular flexibility index (Phi) is 7.34. The molecule has 0 aromatic heterocycles. The summed E-state index contributed by atoms with van der Waals surface area (Å²) in [6.45, 7) is 7.15. The second kappa shape index (κ2) is 9.96. The van der Waals surface area contributed by atoms with Gasteiger partial charge in [0.05, 0.1) is 12.6 Å². The van der Waals surface area contributed by atoms with Crippen LogP contribution >= 0.6 is 11.6 Å². The van der Waals surface area contributed by atoms with Gasteiger partial charge >= 0.3 is 0 Å². The SMILES string of the molecule is Cc1ccc(NC(=O)CN(C)C(=O)C(C)N2CCN(c3cccc(Cl)c3)CC2)cc1. The van der Waals surface area contributed by atoms with Gasteiger partial charge in [-0.2, -0.15) is 0 Å². The van der Waals surface area contributed by atoms with E-state index in [1.165, 1.54) is 4.90 Å². The predicted octanol–water partition coefficient (Wildman–Crippen LogP) is 3.26. The first kappa shape index (κ1) is 22.1. The Labute approximate surface area is 183 Å². The van der Waals surface area contributed by atoms with Gasteiger partial charge in [0.2, 0.25) is 11.8 Å². The molecule has 1 aliphatic heterocycles. The molecule has 0 aliphatic carbocycles. The van der Waals surface area contributed by atoms with Gasteiger partial charge < -0.3 is 15.1 Å². The highest BCUT2D eigenvalue weighted by Crippen LogP contribution is 2.21. The lowest BCUT2D eigenvalue weighted by atomic mass is 10.2. The summed E-state index contributed by atoms with van der Waals surface area (Å²) in [5.74, 6) is -0.252. The van der Waals surface area contributed by atoms with Crippen LogP contribution in [0.2, 0.25) is 5.02 Å². The molecule has 1 saturated heterocycles. The predicted molar refractivity (Wildman–Crippen MR) is 122 cm³/mol. The zero-order valence-corrected chi connectivity index (χ0v) is 18.5. The number of nitrogens with one attached hydrogen (secondary N) is 1. The van der Waals surface area contributed by atoms with Crippen LogP contribution in [0.5, 0.6) is 0 Å². The quantitative estimate of drug-likeness (QED) is 0.767. The van der Waals surface area contributed by atoms with Crippen molar-refractivity contribution in [3.8, 4) is 0 Å². The number of amides is 2. The maximum absolute atomic E-state index is 12.8. The number of carbonyl (C=O) groups excluding carboxylic acids is 2. The number of hydrogen-bond donors (Lipinski definition) is 1. The van der Waals surface area contributed by atoms with E-state index in [0.29, 0.717) is 0 Å². The third kappa shape index (κ3) is 5.74. The van der Waals surface area contributed by atoms with Crippen molar-refractivity contribution in [1.82, 2.24) is 9.80 Å². The Morgan fingerprint density at radius 3 is 2.40 bits per heavy atom. The van der Waals surface area contributed by atoms with Crippen LogP contribution in [0.15, 0.2) is 48.5 Å². The number of halogens is 1. The minimum absolute atomic E-state index is 0.0273. The minimum Gasteiger partial charge on any atom is -0.369 e. The van der Waals surface area contributed by atoms with E-state index in [0.717, 1.165) is 48.1 Å². The number of aryl methyl sites for hydroxylation is 1. The molecule has 0 bridgehead atoms. The van der Waals surface area contributed by atoms with E-state index in [1.807, 2.05) is 56.3 Å². The Morgan fingerprint density at radius 2 is 1.77 bits per heavy atom. The maximum atomic E-state index is 12.8. The second-order valence-corrected chi connectivity index (χ2v) is 8.22. The molecule has 30 heavy (non-hydrogen) atoms. The molecule has 2 aromatic rings. The zero-order chi connectivity index (χ0) is 21.7. The molecular weight excluding hydrogens is 400 g/mol. The van der Waals surface area contributed by atoms with Crippen molar-refractivity contribution in [3.63, 3.8) is 0 Å². The summed E-state index contributed by atoms with van der Waals surface area (Å²) < 4.78 is 0. The molecule has 1 aliphatic rings. The molecule has 1 heterocycles. The fraction of sp³-hybridized carbons (Fsp3) is 0.391. The summed E-state index contributed by atoms with van der Waals surface area (Å²) in [6.07, 6.45) is 0. The minimum atomic E-state index is -0.274. The number of benzene rings is 2. The van der Waals surface area contributed by atoms with Crippen LogP contribution in [0.1, 0.15) is 12.5 Å². The standard InChI is InChI=1S/C23H29ClN4O2/c1-17-7-9-20(10-8-17)25-22(29)16-26(3)23(30)18(2)27-11-13-28(14-12-27)21-6-4-5-19(24)15-21/h4-10,15,18H,11-14,16H2,1-3H3,(H,25,29). The van der Waals surface area contributed by atoms with Crippen molar-refractivity contribution >= 4 is 34.8 Å². The number of anilines is 2. The second-order valence-electron chi connectivity index (χ2n) is 7.79. The average molecular weight is 429 g/mol. The van der Waals surface area contributed by atoms with Crippen molar-refractivity contribution in [3.05, 3.63) is 59.1 Å². The van der Waals surface area contributed by atoms with Gasteiger partial charge in [-0.15, -0.1) is 0 Å². The first-order valence-electron chi connectivity index (χ1n) is 10.2. The van der Waals surface area contributed by atoms with Crippen LogP contribution in [0.4, 0.5) is 11.4 Å². The van der Waals surface area contributed by atoms with Crippen LogP contribution in [0, 0.1) is 6.92 Å². The third-order valence-electron chi connectivity index (χ3n) is 5.49. The topological polar surface area (TPSA) is 55.9 Å². The third-order valence-corrected chi connectivity index (χ3v) is 5.72. The van der Waals surface area contributed by atoms with E-state index in [9.17, 15) is 9.59 Å². The summed E-state index contributed by atoms with van der Waals surface area (Å²) in [5.41, 5.74) is 2.97. The lowest BCUT2D eigenvalue weighted by Crippen LogP contribution is -2.54. The zero-order valence-electron chi connectivity index (χ0n) is 17.8. The average Bonchev–Trinajstić information content (AvgIpc) is 2.74. The van der Waals surface area contributed by atoms with E-state index in [-0.39, 0.29) is 24.4 Å². The van der Waals surface area contributed by atoms with E-state index >= 15 is 0 Å². The molecule has 0 spiro atoms. The number of carbonyl (C=O) groups is 2. The number of nitrogens with zero attached hydrogens (tertiary/aromatic N) is 3. The molecular formula is C23H29ClN4O2. The van der Waals surface area contributed by atoms with E-state index in [2.05, 4.69) is 21.2 Å². The Morgan fingerprint density at radius 1 is 1.10 bits per heavy atom. The first-order chi connectivity index (χ1) is 14.3. The number of rotatable bonds is 6. The molecule has 0 radical (unpaired) electrons. The molecule has 1 N–H and O–H groups in total. The van der Waals surface area contributed by atoms with Crippen molar-refractivity contribution in [1.29, 1.82) is 0 Å². The Bertz CT molecular complexity index is 879. The van der Waals surface area contributed by atoms with Gasteiger partial charge in [0.15, 0.2) is 0 Å². The summed E-state index contributed by atoms with van der Waals surface area (Å²) in [5, 5.41) is 3.56. The van der Waals surface area contributed by atoms with Crippen molar-refractivity contribution < 1.29 is 9.59 Å². The van der Waals surface area contributed by atoms with Crippen molar-refractivity contribution in [2.45, 2.75) is 19.9 Å². The fourth-order valence-corrected chi connectivity index (χ4v) is 3.83. The van der Waals surface area contributed by atoms with Gasteiger partial charge in [-0.25, -0.2) is 0 Å². The van der Waals surface area contributed by atoms with Gasteiger partial charge in [-0.3, -0.25) is 14.5 Å². The largest absolute Gasteiger partial charge is 0.369 e. The molecule has 1 atom stereocenters. The summed E-state index contributed by atoms with van der Waals surface area (Å²) in [6, 6.07) is 15.2. The summed E-state index contributed by atoms with van der Waals surface area (Å²) in [4.78, 5) is 31.1. The van der Waals surface area contributed by atoms with Crippen LogP contribution in [0.3, 0.4) is 0 Å². The van der Waals surface area contributed by atoms with Crippen molar-refractivity contribution in [2.24, 2.45) is 0 Å². The monoisotopic (exact) mass is 428 g/mol. The Hall–Kier alpha value is -2.57. The van der Waals surface area contributed by atoms with Crippen LogP contribution < -0.4 is 10.2 Å². The fourth-order valence-electron chi connectivity index (χ4n) is 3.65. The van der Waals surface area contributed by atoms with Crippen LogP contribution in [-0.4, -0.2) is 67.4 Å². The van der Waals surface area contributed by atoms with Crippen molar-refractivity contribution in [2.75, 3.05) is 50.0 Å². The first-order valence-corrected chi connectivity index (χ1v) is 10.6. The highest BCUT2D eigenvalue weighted by molar-refractivity contribution is 6.30. The van der Waals surface area contributed by atoms with Gasteiger partial charge in [0, 0.05) is 49.6 Å². The Balaban J connectivity index is 1.48. The normalized spacial score (nSPS) is 15.5. The number of piperazine rings is 1. The number of hydrogen-bond acceptors (Lipinski definition) is 4. The van der Waals surface area contributed by atoms with E-state index < -0.39 is 0 Å². The maximum Gasteiger partial charge on any atom is 0.243 e. The van der Waals surface area contributed by atoms with Gasteiger partial charge in [-0.05, 0) is 44.2 Å². The molecule has 1 unspecified atom stereocenters. The van der Waals surface area contributed by atoms with Gasteiger partial charge in [-0.1, -0.05) is 35.4 Å². The molecule has 7 heteroatoms. The molecule has 6 nitrogen and oxygen atoms in total. The lowest BCUT2D eigenvalue weighted by molar-refractivity contribution is -0.137. The molecule has 1 fully saturated rings. The molecule has 0 saturated carbocycles. The molecule has 160 valence electrons. The lowest BCUT2D eigenvalue weighted by Gasteiger charge is -2.39. The highest BCUT2D eigenvalue weighted by atomic mass is 35.5. The smallest absolute Gasteiger partial charge is 0.243 e. The molecule has 3 rings (SSSR count). The summed E-state index contributed by atoms with van der Waals surface area (Å²) >= 11 is 6.10. The van der Waals surface area contributed by atoms with E-state index in [1.54, 1.807) is 7.05 Å². The van der Waals surface area contributed by atoms with Gasteiger partial charge in [0.1, 0.15) is 0 Å². The van der Waals surface area contributed by atoms with Crippen LogP contribution in [0.25, 0.3) is 0 Å². The summed E-state index contributed by atoms with van der Waals surface area (Å²) in [7, 11) is 1.68. The molecule has 2 amide bonds. The molecule has 2 aromatic carbocycles. The number of likely N-dealkylation sites (N-methyl/N-ethyl adjacent to an activating group) is 1. The highest BCUT2D eigenvalue weighted by Gasteiger charge is 2.28.